The van der Waals surface area contributed by atoms with E-state index < -0.39 is 0 Å². The Hall–Kier alpha value is -0.380. The molecule has 1 aromatic heterocycles. The molecular weight excluding hydrogens is 221 g/mol. The van der Waals surface area contributed by atoms with Crippen LogP contribution in [0.15, 0.2) is 6.33 Å². The standard InChI is InChI=1S/C9H11Cl2N3/c10-8-7(9(11)14-5-13-8)3-6-1-2-12-4-6/h5-6,12H,1-4H2. The first kappa shape index (κ1) is 10.1. The molecule has 0 amide bonds. The molecule has 1 saturated heterocycles. The van der Waals surface area contributed by atoms with E-state index in [0.717, 1.165) is 25.1 Å². The Bertz CT molecular complexity index is 304. The van der Waals surface area contributed by atoms with Gasteiger partial charge < -0.3 is 5.32 Å². The summed E-state index contributed by atoms with van der Waals surface area (Å²) in [6.07, 6.45) is 3.42. The van der Waals surface area contributed by atoms with Crippen molar-refractivity contribution in [3.05, 3.63) is 22.2 Å². The van der Waals surface area contributed by atoms with Crippen molar-refractivity contribution in [2.24, 2.45) is 5.92 Å². The molecule has 2 heterocycles. The molecule has 1 aliphatic heterocycles. The number of hydrogen-bond acceptors (Lipinski definition) is 3. The maximum Gasteiger partial charge on any atom is 0.137 e. The Balaban J connectivity index is 2.14. The van der Waals surface area contributed by atoms with Gasteiger partial charge >= 0.3 is 0 Å². The minimum Gasteiger partial charge on any atom is -0.316 e. The molecule has 3 nitrogen and oxygen atoms in total. The third-order valence-electron chi connectivity index (χ3n) is 2.50. The lowest BCUT2D eigenvalue weighted by Gasteiger charge is -2.09. The zero-order chi connectivity index (χ0) is 9.97. The number of rotatable bonds is 2. The number of halogens is 2. The fourth-order valence-corrected chi connectivity index (χ4v) is 2.19. The lowest BCUT2D eigenvalue weighted by atomic mass is 10.0. The lowest BCUT2D eigenvalue weighted by molar-refractivity contribution is 0.578. The quantitative estimate of drug-likeness (QED) is 0.792. The zero-order valence-electron chi connectivity index (χ0n) is 7.63. The molecule has 76 valence electrons. The lowest BCUT2D eigenvalue weighted by Crippen LogP contribution is -2.11. The molecule has 1 aromatic rings. The van der Waals surface area contributed by atoms with Gasteiger partial charge in [0.25, 0.3) is 0 Å². The van der Waals surface area contributed by atoms with Gasteiger partial charge in [0.05, 0.1) is 0 Å². The minimum atomic E-state index is 0.483. The zero-order valence-corrected chi connectivity index (χ0v) is 9.15. The van der Waals surface area contributed by atoms with E-state index in [1.807, 2.05) is 0 Å². The first-order valence-electron chi connectivity index (χ1n) is 4.63. The third kappa shape index (κ3) is 2.16. The van der Waals surface area contributed by atoms with E-state index in [1.54, 1.807) is 0 Å². The van der Waals surface area contributed by atoms with E-state index in [4.69, 9.17) is 23.2 Å². The number of aromatic nitrogens is 2. The molecule has 0 radical (unpaired) electrons. The maximum absolute atomic E-state index is 5.95. The van der Waals surface area contributed by atoms with Crippen molar-refractivity contribution in [2.75, 3.05) is 13.1 Å². The molecule has 1 unspecified atom stereocenters. The molecule has 2 rings (SSSR count). The van der Waals surface area contributed by atoms with E-state index in [9.17, 15) is 0 Å². The normalized spacial score (nSPS) is 21.4. The number of hydrogen-bond donors (Lipinski definition) is 1. The highest BCUT2D eigenvalue weighted by Gasteiger charge is 2.18. The molecule has 1 atom stereocenters. The largest absolute Gasteiger partial charge is 0.316 e. The summed E-state index contributed by atoms with van der Waals surface area (Å²) in [4.78, 5) is 7.86. The Morgan fingerprint density at radius 2 is 2.07 bits per heavy atom. The fraction of sp³-hybridized carbons (Fsp3) is 0.556. The SMILES string of the molecule is Clc1ncnc(Cl)c1CC1CCNC1. The van der Waals surface area contributed by atoms with Gasteiger partial charge in [0.15, 0.2) is 0 Å². The highest BCUT2D eigenvalue weighted by molar-refractivity contribution is 6.34. The molecule has 14 heavy (non-hydrogen) atoms. The van der Waals surface area contributed by atoms with Crippen LogP contribution < -0.4 is 5.32 Å². The molecule has 5 heteroatoms. The van der Waals surface area contributed by atoms with Gasteiger partial charge in [-0.25, -0.2) is 9.97 Å². The monoisotopic (exact) mass is 231 g/mol. The molecule has 0 aromatic carbocycles. The van der Waals surface area contributed by atoms with Crippen LogP contribution in [0.2, 0.25) is 10.3 Å². The van der Waals surface area contributed by atoms with Crippen molar-refractivity contribution in [1.82, 2.24) is 15.3 Å². The first-order chi connectivity index (χ1) is 6.77. The van der Waals surface area contributed by atoms with Crippen LogP contribution in [0.3, 0.4) is 0 Å². The van der Waals surface area contributed by atoms with Crippen LogP contribution in [0.1, 0.15) is 12.0 Å². The smallest absolute Gasteiger partial charge is 0.137 e. The average Bonchev–Trinajstić information content (AvgIpc) is 2.64. The summed E-state index contributed by atoms with van der Waals surface area (Å²) in [5.74, 6) is 0.607. The van der Waals surface area contributed by atoms with Crippen LogP contribution in [0.5, 0.6) is 0 Å². The minimum absolute atomic E-state index is 0.483. The molecule has 0 saturated carbocycles. The number of nitrogens with one attached hydrogen (secondary N) is 1. The van der Waals surface area contributed by atoms with Gasteiger partial charge in [0, 0.05) is 5.56 Å². The molecule has 1 aliphatic rings. The molecule has 0 bridgehead atoms. The summed E-state index contributed by atoms with van der Waals surface area (Å²) in [5, 5.41) is 4.27. The van der Waals surface area contributed by atoms with Gasteiger partial charge in [-0.1, -0.05) is 23.2 Å². The van der Waals surface area contributed by atoms with Crippen molar-refractivity contribution >= 4 is 23.2 Å². The fourth-order valence-electron chi connectivity index (χ4n) is 1.72. The third-order valence-corrected chi connectivity index (χ3v) is 3.15. The Morgan fingerprint density at radius 3 is 2.64 bits per heavy atom. The summed E-state index contributed by atoms with van der Waals surface area (Å²) in [7, 11) is 0. The van der Waals surface area contributed by atoms with Crippen molar-refractivity contribution in [3.63, 3.8) is 0 Å². The summed E-state index contributed by atoms with van der Waals surface area (Å²) in [6.45, 7) is 2.11. The maximum atomic E-state index is 5.95. The van der Waals surface area contributed by atoms with Crippen LogP contribution in [0.25, 0.3) is 0 Å². The second-order valence-corrected chi connectivity index (χ2v) is 4.21. The van der Waals surface area contributed by atoms with E-state index in [1.165, 1.54) is 12.7 Å². The van der Waals surface area contributed by atoms with Gasteiger partial charge in [0.1, 0.15) is 16.6 Å². The highest BCUT2D eigenvalue weighted by Crippen LogP contribution is 2.25. The van der Waals surface area contributed by atoms with E-state index in [0.29, 0.717) is 16.2 Å². The van der Waals surface area contributed by atoms with Crippen LogP contribution in [-0.4, -0.2) is 23.1 Å². The molecule has 1 fully saturated rings. The van der Waals surface area contributed by atoms with Crippen molar-refractivity contribution in [3.8, 4) is 0 Å². The Labute approximate surface area is 92.8 Å². The highest BCUT2D eigenvalue weighted by atomic mass is 35.5. The predicted molar refractivity (Wildman–Crippen MR) is 56.7 cm³/mol. The van der Waals surface area contributed by atoms with Crippen molar-refractivity contribution < 1.29 is 0 Å². The molecule has 0 aliphatic carbocycles. The summed E-state index contributed by atoms with van der Waals surface area (Å²) in [5.41, 5.74) is 0.879. The molecule has 0 spiro atoms. The van der Waals surface area contributed by atoms with E-state index in [-0.39, 0.29) is 0 Å². The molecular formula is C9H11Cl2N3. The van der Waals surface area contributed by atoms with Gasteiger partial charge in [0.2, 0.25) is 0 Å². The van der Waals surface area contributed by atoms with E-state index >= 15 is 0 Å². The van der Waals surface area contributed by atoms with Gasteiger partial charge in [-0.3, -0.25) is 0 Å². The van der Waals surface area contributed by atoms with Crippen LogP contribution in [-0.2, 0) is 6.42 Å². The average molecular weight is 232 g/mol. The Kier molecular flexibility index (Phi) is 3.21. The van der Waals surface area contributed by atoms with Gasteiger partial charge in [-0.15, -0.1) is 0 Å². The second kappa shape index (κ2) is 4.43. The van der Waals surface area contributed by atoms with Gasteiger partial charge in [-0.2, -0.15) is 0 Å². The second-order valence-electron chi connectivity index (χ2n) is 3.50. The first-order valence-corrected chi connectivity index (χ1v) is 5.38. The summed E-state index contributed by atoms with van der Waals surface area (Å²) >= 11 is 11.9. The molecule has 1 N–H and O–H groups in total. The van der Waals surface area contributed by atoms with Crippen LogP contribution in [0, 0.1) is 5.92 Å². The summed E-state index contributed by atoms with van der Waals surface area (Å²) in [6, 6.07) is 0. The Morgan fingerprint density at radius 1 is 1.36 bits per heavy atom. The van der Waals surface area contributed by atoms with Gasteiger partial charge in [-0.05, 0) is 31.8 Å². The van der Waals surface area contributed by atoms with Crippen molar-refractivity contribution in [1.29, 1.82) is 0 Å². The number of nitrogens with zero attached hydrogens (tertiary/aromatic N) is 2. The summed E-state index contributed by atoms with van der Waals surface area (Å²) < 4.78 is 0. The topological polar surface area (TPSA) is 37.8 Å². The van der Waals surface area contributed by atoms with E-state index in [2.05, 4.69) is 15.3 Å². The van der Waals surface area contributed by atoms with Crippen LogP contribution >= 0.6 is 23.2 Å². The predicted octanol–water partition coefficient (Wildman–Crippen LogP) is 1.94. The van der Waals surface area contributed by atoms with Crippen LogP contribution in [0.4, 0.5) is 0 Å². The van der Waals surface area contributed by atoms with Crippen molar-refractivity contribution in [2.45, 2.75) is 12.8 Å².